The second-order valence-electron chi connectivity index (χ2n) is 5.35. The summed E-state index contributed by atoms with van der Waals surface area (Å²) in [6.07, 6.45) is 0.874. The Morgan fingerprint density at radius 1 is 1.05 bits per heavy atom. The van der Waals surface area contributed by atoms with Crippen LogP contribution in [0.15, 0.2) is 0 Å². The van der Waals surface area contributed by atoms with Crippen molar-refractivity contribution in [2.45, 2.75) is 13.3 Å². The maximum absolute atomic E-state index is 12.5. The third-order valence-corrected chi connectivity index (χ3v) is 5.82. The van der Waals surface area contributed by atoms with Crippen molar-refractivity contribution in [3.05, 3.63) is 0 Å². The predicted molar refractivity (Wildman–Crippen MR) is 80.6 cm³/mol. The summed E-state index contributed by atoms with van der Waals surface area (Å²) in [6.45, 7) is 5.78. The number of carbonyl (C=O) groups excluding carboxylic acids is 1. The van der Waals surface area contributed by atoms with E-state index >= 15 is 0 Å². The molecule has 0 unspecified atom stereocenters. The van der Waals surface area contributed by atoms with Crippen LogP contribution in [0.1, 0.15) is 13.3 Å². The van der Waals surface area contributed by atoms with E-state index in [-0.39, 0.29) is 12.5 Å². The number of amides is 1. The summed E-state index contributed by atoms with van der Waals surface area (Å²) in [4.78, 5) is 13.6. The molecule has 128 valence electrons. The van der Waals surface area contributed by atoms with E-state index in [0.717, 1.165) is 6.42 Å². The lowest BCUT2D eigenvalue weighted by Crippen LogP contribution is -2.56. The molecule has 0 aromatic rings. The molecule has 0 saturated carbocycles. The van der Waals surface area contributed by atoms with Crippen LogP contribution in [0.2, 0.25) is 0 Å². The highest BCUT2D eigenvalue weighted by Gasteiger charge is 2.34. The molecule has 0 atom stereocenters. The Bertz CT molecular complexity index is 456. The van der Waals surface area contributed by atoms with Crippen LogP contribution >= 0.6 is 0 Å². The second kappa shape index (κ2) is 8.21. The van der Waals surface area contributed by atoms with Crippen LogP contribution in [0, 0.1) is 0 Å². The Morgan fingerprint density at radius 3 is 2.23 bits per heavy atom. The molecule has 0 spiro atoms. The van der Waals surface area contributed by atoms with E-state index in [1.807, 2.05) is 6.92 Å². The zero-order chi connectivity index (χ0) is 16.0. The van der Waals surface area contributed by atoms with Gasteiger partial charge in [0.2, 0.25) is 5.91 Å². The zero-order valence-corrected chi connectivity index (χ0v) is 13.9. The van der Waals surface area contributed by atoms with Gasteiger partial charge in [-0.2, -0.15) is 17.0 Å². The highest BCUT2D eigenvalue weighted by Crippen LogP contribution is 2.14. The molecule has 8 nitrogen and oxygen atoms in total. The van der Waals surface area contributed by atoms with E-state index in [9.17, 15) is 13.2 Å². The van der Waals surface area contributed by atoms with Crippen molar-refractivity contribution < 1.29 is 22.7 Å². The lowest BCUT2D eigenvalue weighted by Gasteiger charge is -2.37. The van der Waals surface area contributed by atoms with Gasteiger partial charge in [-0.25, -0.2) is 0 Å². The lowest BCUT2D eigenvalue weighted by molar-refractivity contribution is -0.137. The van der Waals surface area contributed by atoms with Crippen LogP contribution in [0.4, 0.5) is 0 Å². The molecule has 2 fully saturated rings. The second-order valence-corrected chi connectivity index (χ2v) is 7.28. The van der Waals surface area contributed by atoms with E-state index in [1.165, 1.54) is 8.61 Å². The fraction of sp³-hybridized carbons (Fsp3) is 0.923. The SMILES string of the molecule is CCCOCC(=O)N1CCN(S(=O)(=O)N2CCOCC2)CC1. The summed E-state index contributed by atoms with van der Waals surface area (Å²) < 4.78 is 38.3. The number of carbonyl (C=O) groups is 1. The van der Waals surface area contributed by atoms with Crippen molar-refractivity contribution in [1.82, 2.24) is 13.5 Å². The lowest BCUT2D eigenvalue weighted by atomic mass is 10.3. The number of hydrogen-bond donors (Lipinski definition) is 0. The first-order chi connectivity index (χ1) is 10.6. The third kappa shape index (κ3) is 4.39. The number of nitrogens with zero attached hydrogens (tertiary/aromatic N) is 3. The summed E-state index contributed by atoms with van der Waals surface area (Å²) >= 11 is 0. The first-order valence-corrected chi connectivity index (χ1v) is 9.14. The largest absolute Gasteiger partial charge is 0.379 e. The normalized spacial score (nSPS) is 22.0. The van der Waals surface area contributed by atoms with Gasteiger partial charge >= 0.3 is 0 Å². The van der Waals surface area contributed by atoms with Gasteiger partial charge in [-0.1, -0.05) is 6.92 Å². The van der Waals surface area contributed by atoms with Gasteiger partial charge in [0.05, 0.1) is 13.2 Å². The quantitative estimate of drug-likeness (QED) is 0.590. The molecule has 9 heteroatoms. The molecule has 0 radical (unpaired) electrons. The molecule has 0 aromatic heterocycles. The topological polar surface area (TPSA) is 79.4 Å². The Hall–Kier alpha value is -0.740. The van der Waals surface area contributed by atoms with Gasteiger partial charge in [-0.05, 0) is 6.42 Å². The van der Waals surface area contributed by atoms with Crippen molar-refractivity contribution in [3.63, 3.8) is 0 Å². The van der Waals surface area contributed by atoms with Gasteiger partial charge in [0.25, 0.3) is 10.2 Å². The van der Waals surface area contributed by atoms with Gasteiger partial charge in [-0.15, -0.1) is 0 Å². The third-order valence-electron chi connectivity index (χ3n) is 3.79. The number of piperazine rings is 1. The zero-order valence-electron chi connectivity index (χ0n) is 13.1. The monoisotopic (exact) mass is 335 g/mol. The van der Waals surface area contributed by atoms with Crippen LogP contribution in [0.25, 0.3) is 0 Å². The summed E-state index contributed by atoms with van der Waals surface area (Å²) in [6, 6.07) is 0. The van der Waals surface area contributed by atoms with Gasteiger partial charge in [0, 0.05) is 45.9 Å². The molecule has 2 saturated heterocycles. The maximum Gasteiger partial charge on any atom is 0.282 e. The van der Waals surface area contributed by atoms with Crippen LogP contribution in [-0.4, -0.2) is 93.5 Å². The van der Waals surface area contributed by atoms with Crippen molar-refractivity contribution in [3.8, 4) is 0 Å². The van der Waals surface area contributed by atoms with Crippen LogP contribution in [-0.2, 0) is 24.5 Å². The summed E-state index contributed by atoms with van der Waals surface area (Å²) in [5.41, 5.74) is 0. The number of ether oxygens (including phenoxy) is 2. The summed E-state index contributed by atoms with van der Waals surface area (Å²) in [5, 5.41) is 0. The van der Waals surface area contributed by atoms with Crippen molar-refractivity contribution >= 4 is 16.1 Å². The Balaban J connectivity index is 1.82. The Labute approximate surface area is 132 Å². The van der Waals surface area contributed by atoms with Crippen molar-refractivity contribution in [2.24, 2.45) is 0 Å². The average Bonchev–Trinajstić information content (AvgIpc) is 2.56. The van der Waals surface area contributed by atoms with E-state index in [1.54, 1.807) is 4.90 Å². The van der Waals surface area contributed by atoms with Gasteiger partial charge in [-0.3, -0.25) is 4.79 Å². The first kappa shape index (κ1) is 17.6. The van der Waals surface area contributed by atoms with Gasteiger partial charge in [0.15, 0.2) is 0 Å². The maximum atomic E-state index is 12.5. The molecule has 0 aliphatic carbocycles. The summed E-state index contributed by atoms with van der Waals surface area (Å²) in [5.74, 6) is -0.0723. The van der Waals surface area contributed by atoms with Gasteiger partial charge in [0.1, 0.15) is 6.61 Å². The van der Waals surface area contributed by atoms with Crippen LogP contribution in [0.5, 0.6) is 0 Å². The molecule has 0 N–H and O–H groups in total. The molecule has 0 aromatic carbocycles. The molecule has 2 aliphatic heterocycles. The molecule has 2 aliphatic rings. The number of morpholine rings is 1. The van der Waals surface area contributed by atoms with Crippen molar-refractivity contribution in [1.29, 1.82) is 0 Å². The minimum atomic E-state index is -3.44. The number of rotatable bonds is 6. The van der Waals surface area contributed by atoms with E-state index in [0.29, 0.717) is 59.1 Å². The van der Waals surface area contributed by atoms with E-state index in [2.05, 4.69) is 0 Å². The minimum absolute atomic E-state index is 0.0723. The molecule has 1 amide bonds. The molecule has 2 rings (SSSR count). The first-order valence-electron chi connectivity index (χ1n) is 7.74. The molecular formula is C13H25N3O5S. The van der Waals surface area contributed by atoms with Crippen molar-refractivity contribution in [2.75, 3.05) is 65.7 Å². The fourth-order valence-corrected chi connectivity index (χ4v) is 4.07. The number of hydrogen-bond acceptors (Lipinski definition) is 5. The van der Waals surface area contributed by atoms with Gasteiger partial charge < -0.3 is 14.4 Å². The highest BCUT2D eigenvalue weighted by molar-refractivity contribution is 7.86. The van der Waals surface area contributed by atoms with Crippen LogP contribution < -0.4 is 0 Å². The predicted octanol–water partition coefficient (Wildman–Crippen LogP) is -0.866. The molecule has 22 heavy (non-hydrogen) atoms. The summed E-state index contributed by atoms with van der Waals surface area (Å²) in [7, 11) is -3.44. The van der Waals surface area contributed by atoms with Crippen LogP contribution in [0.3, 0.4) is 0 Å². The standard InChI is InChI=1S/C13H25N3O5S/c1-2-9-21-12-13(17)14-3-5-15(6-4-14)22(18,19)16-7-10-20-11-8-16/h2-12H2,1H3. The Kier molecular flexibility index (Phi) is 6.57. The average molecular weight is 335 g/mol. The highest BCUT2D eigenvalue weighted by atomic mass is 32.2. The smallest absolute Gasteiger partial charge is 0.282 e. The molecule has 2 heterocycles. The minimum Gasteiger partial charge on any atom is -0.379 e. The fourth-order valence-electron chi connectivity index (χ4n) is 2.50. The van der Waals surface area contributed by atoms with E-state index < -0.39 is 10.2 Å². The van der Waals surface area contributed by atoms with E-state index in [4.69, 9.17) is 9.47 Å². The molecule has 0 bridgehead atoms. The molecular weight excluding hydrogens is 310 g/mol. The Morgan fingerprint density at radius 2 is 1.64 bits per heavy atom.